The molecule has 0 saturated heterocycles. The molecule has 1 unspecified atom stereocenters. The van der Waals surface area contributed by atoms with Gasteiger partial charge in [0, 0.05) is 10.9 Å². The molecule has 3 nitrogen and oxygen atoms in total. The second-order valence-corrected chi connectivity index (χ2v) is 4.39. The highest BCUT2D eigenvalue weighted by Crippen LogP contribution is 2.30. The summed E-state index contributed by atoms with van der Waals surface area (Å²) in [6, 6.07) is 3.34. The van der Waals surface area contributed by atoms with Crippen molar-refractivity contribution in [3.8, 4) is 5.75 Å². The van der Waals surface area contributed by atoms with Gasteiger partial charge < -0.3 is 9.84 Å². The van der Waals surface area contributed by atoms with Gasteiger partial charge in [-0.2, -0.15) is 0 Å². The first-order chi connectivity index (χ1) is 8.04. The minimum Gasteiger partial charge on any atom is -0.496 e. The summed E-state index contributed by atoms with van der Waals surface area (Å²) in [6.45, 7) is 3.54. The maximum atomic E-state index is 12.2. The Bertz CT molecular complexity index is 411. The highest BCUT2D eigenvalue weighted by molar-refractivity contribution is 6.31. The van der Waals surface area contributed by atoms with Crippen LogP contribution in [-0.2, 0) is 0 Å². The second kappa shape index (κ2) is 6.03. The van der Waals surface area contributed by atoms with Crippen LogP contribution in [0.5, 0.6) is 5.75 Å². The van der Waals surface area contributed by atoms with Gasteiger partial charge >= 0.3 is 0 Å². The number of hydrogen-bond acceptors (Lipinski definition) is 3. The van der Waals surface area contributed by atoms with Gasteiger partial charge in [0.15, 0.2) is 5.78 Å². The number of aliphatic hydroxyl groups is 1. The molecule has 0 amide bonds. The molecule has 94 valence electrons. The minimum absolute atomic E-state index is 0.127. The Morgan fingerprint density at radius 2 is 2.18 bits per heavy atom. The van der Waals surface area contributed by atoms with Gasteiger partial charge in [-0.1, -0.05) is 18.5 Å². The van der Waals surface area contributed by atoms with Crippen LogP contribution in [0.4, 0.5) is 0 Å². The van der Waals surface area contributed by atoms with Crippen molar-refractivity contribution in [3.63, 3.8) is 0 Å². The quantitative estimate of drug-likeness (QED) is 0.824. The molecule has 1 aromatic rings. The summed E-state index contributed by atoms with van der Waals surface area (Å²) in [4.78, 5) is 12.2. The average Bonchev–Trinajstić information content (AvgIpc) is 2.29. The zero-order valence-electron chi connectivity index (χ0n) is 10.3. The molecule has 0 bridgehead atoms. The number of aryl methyl sites for hydroxylation is 1. The fourth-order valence-electron chi connectivity index (χ4n) is 1.80. The van der Waals surface area contributed by atoms with Crippen molar-refractivity contribution in [3.05, 3.63) is 28.3 Å². The summed E-state index contributed by atoms with van der Waals surface area (Å²) in [5, 5.41) is 9.66. The molecule has 4 heteroatoms. The van der Waals surface area contributed by atoms with Crippen molar-refractivity contribution in [2.45, 2.75) is 20.3 Å². The molecule has 0 saturated carbocycles. The lowest BCUT2D eigenvalue weighted by molar-refractivity contribution is 0.0853. The normalized spacial score (nSPS) is 12.3. The van der Waals surface area contributed by atoms with Crippen LogP contribution in [0.25, 0.3) is 0 Å². The first-order valence-electron chi connectivity index (χ1n) is 5.54. The molecule has 0 fully saturated rings. The predicted octanol–water partition coefficient (Wildman–Crippen LogP) is 2.86. The molecule has 1 aromatic carbocycles. The maximum absolute atomic E-state index is 12.2. The summed E-state index contributed by atoms with van der Waals surface area (Å²) < 4.78 is 5.23. The summed E-state index contributed by atoms with van der Waals surface area (Å²) >= 11 is 5.94. The number of carbonyl (C=O) groups is 1. The lowest BCUT2D eigenvalue weighted by Crippen LogP contribution is -2.18. The third kappa shape index (κ3) is 2.99. The lowest BCUT2D eigenvalue weighted by atomic mass is 9.94. The van der Waals surface area contributed by atoms with E-state index in [4.69, 9.17) is 21.4 Å². The molecule has 1 rings (SSSR count). The Kier molecular flexibility index (Phi) is 4.97. The van der Waals surface area contributed by atoms with Gasteiger partial charge in [-0.3, -0.25) is 4.79 Å². The highest BCUT2D eigenvalue weighted by atomic mass is 35.5. The first kappa shape index (κ1) is 14.0. The SMILES string of the molecule is CCC(CO)C(=O)c1cc(Cl)cc(C)c1OC. The maximum Gasteiger partial charge on any atom is 0.172 e. The molecule has 0 aliphatic rings. The molecular formula is C13H17ClO3. The largest absolute Gasteiger partial charge is 0.496 e. The van der Waals surface area contributed by atoms with E-state index in [1.807, 2.05) is 13.8 Å². The summed E-state index contributed by atoms with van der Waals surface area (Å²) in [5.74, 6) is 0.00511. The van der Waals surface area contributed by atoms with Crippen LogP contribution in [0.2, 0.25) is 5.02 Å². The van der Waals surface area contributed by atoms with Crippen LogP contribution in [-0.4, -0.2) is 24.6 Å². The summed E-state index contributed by atoms with van der Waals surface area (Å²) in [5.41, 5.74) is 1.26. The number of benzene rings is 1. The topological polar surface area (TPSA) is 46.5 Å². The third-order valence-electron chi connectivity index (χ3n) is 2.79. The van der Waals surface area contributed by atoms with Gasteiger partial charge in [0.1, 0.15) is 5.75 Å². The Labute approximate surface area is 106 Å². The van der Waals surface area contributed by atoms with E-state index in [0.29, 0.717) is 22.8 Å². The summed E-state index contributed by atoms with van der Waals surface area (Å²) in [6.07, 6.45) is 0.587. The van der Waals surface area contributed by atoms with Crippen LogP contribution < -0.4 is 4.74 Å². The Balaban J connectivity index is 3.24. The van der Waals surface area contributed by atoms with Gasteiger partial charge in [0.2, 0.25) is 0 Å². The minimum atomic E-state index is -0.401. The average molecular weight is 257 g/mol. The van der Waals surface area contributed by atoms with Crippen LogP contribution in [0.1, 0.15) is 29.3 Å². The molecule has 1 atom stereocenters. The fraction of sp³-hybridized carbons (Fsp3) is 0.462. The highest BCUT2D eigenvalue weighted by Gasteiger charge is 2.22. The van der Waals surface area contributed by atoms with Crippen molar-refractivity contribution >= 4 is 17.4 Å². The molecule has 0 radical (unpaired) electrons. The van der Waals surface area contributed by atoms with Crippen LogP contribution in [0.3, 0.4) is 0 Å². The molecule has 0 heterocycles. The van der Waals surface area contributed by atoms with Crippen molar-refractivity contribution in [1.29, 1.82) is 0 Å². The number of methoxy groups -OCH3 is 1. The van der Waals surface area contributed by atoms with E-state index in [-0.39, 0.29) is 12.4 Å². The number of aliphatic hydroxyl groups excluding tert-OH is 1. The van der Waals surface area contributed by atoms with Crippen LogP contribution in [0, 0.1) is 12.8 Å². The first-order valence-corrected chi connectivity index (χ1v) is 5.92. The summed E-state index contributed by atoms with van der Waals surface area (Å²) in [7, 11) is 1.52. The van der Waals surface area contributed by atoms with E-state index < -0.39 is 5.92 Å². The number of hydrogen-bond donors (Lipinski definition) is 1. The van der Waals surface area contributed by atoms with Crippen molar-refractivity contribution in [2.75, 3.05) is 13.7 Å². The van der Waals surface area contributed by atoms with Crippen molar-refractivity contribution in [2.24, 2.45) is 5.92 Å². The zero-order valence-corrected chi connectivity index (χ0v) is 11.0. The molecule has 0 aliphatic heterocycles. The van der Waals surface area contributed by atoms with Crippen LogP contribution in [0.15, 0.2) is 12.1 Å². The van der Waals surface area contributed by atoms with E-state index in [9.17, 15) is 4.79 Å². The van der Waals surface area contributed by atoms with Gasteiger partial charge in [-0.15, -0.1) is 0 Å². The third-order valence-corrected chi connectivity index (χ3v) is 3.01. The Morgan fingerprint density at radius 3 is 2.65 bits per heavy atom. The lowest BCUT2D eigenvalue weighted by Gasteiger charge is -2.15. The predicted molar refractivity (Wildman–Crippen MR) is 67.9 cm³/mol. The standard InChI is InChI=1S/C13H17ClO3/c1-4-9(7-15)12(16)11-6-10(14)5-8(2)13(11)17-3/h5-6,9,15H,4,7H2,1-3H3. The molecular weight excluding hydrogens is 240 g/mol. The molecule has 17 heavy (non-hydrogen) atoms. The van der Waals surface area contributed by atoms with Crippen LogP contribution >= 0.6 is 11.6 Å². The number of ketones is 1. The monoisotopic (exact) mass is 256 g/mol. The Morgan fingerprint density at radius 1 is 1.53 bits per heavy atom. The van der Waals surface area contributed by atoms with Gasteiger partial charge in [-0.05, 0) is 31.0 Å². The van der Waals surface area contributed by atoms with E-state index in [0.717, 1.165) is 5.56 Å². The number of carbonyl (C=O) groups excluding carboxylic acids is 1. The number of halogens is 1. The van der Waals surface area contributed by atoms with Crippen molar-refractivity contribution < 1.29 is 14.6 Å². The van der Waals surface area contributed by atoms with Gasteiger partial charge in [-0.25, -0.2) is 0 Å². The number of ether oxygens (including phenoxy) is 1. The molecule has 0 aliphatic carbocycles. The zero-order chi connectivity index (χ0) is 13.0. The van der Waals surface area contributed by atoms with E-state index in [1.54, 1.807) is 12.1 Å². The fourth-order valence-corrected chi connectivity index (χ4v) is 2.07. The Hall–Kier alpha value is -1.06. The van der Waals surface area contributed by atoms with E-state index in [1.165, 1.54) is 7.11 Å². The number of Topliss-reactive ketones (excluding diaryl/α,β-unsaturated/α-hetero) is 1. The van der Waals surface area contributed by atoms with Crippen molar-refractivity contribution in [1.82, 2.24) is 0 Å². The smallest absolute Gasteiger partial charge is 0.172 e. The number of rotatable bonds is 5. The molecule has 0 aromatic heterocycles. The molecule has 0 spiro atoms. The van der Waals surface area contributed by atoms with E-state index >= 15 is 0 Å². The van der Waals surface area contributed by atoms with Gasteiger partial charge in [0.25, 0.3) is 0 Å². The van der Waals surface area contributed by atoms with E-state index in [2.05, 4.69) is 0 Å². The molecule has 1 N–H and O–H groups in total. The second-order valence-electron chi connectivity index (χ2n) is 3.96. The van der Waals surface area contributed by atoms with Gasteiger partial charge in [0.05, 0.1) is 19.3 Å².